The lowest BCUT2D eigenvalue weighted by Gasteiger charge is -2.34. The lowest BCUT2D eigenvalue weighted by Crippen LogP contribution is -2.39. The molecule has 1 fully saturated rings. The summed E-state index contributed by atoms with van der Waals surface area (Å²) in [5, 5.41) is 1.31. The molecule has 0 aliphatic carbocycles. The van der Waals surface area contributed by atoms with E-state index in [4.69, 9.17) is 5.73 Å². The normalized spacial score (nSPS) is 26.1. The fraction of sp³-hybridized carbons (Fsp3) is 0.538. The molecule has 2 rings (SSSR count). The highest BCUT2D eigenvalue weighted by Crippen LogP contribution is 2.26. The van der Waals surface area contributed by atoms with Gasteiger partial charge in [-0.05, 0) is 17.7 Å². The highest BCUT2D eigenvalue weighted by Gasteiger charge is 2.22. The Bertz CT molecular complexity index is 387. The molecule has 1 aliphatic heterocycles. The first-order chi connectivity index (χ1) is 8.04. The number of nitrogens with zero attached hydrogens (tertiary/aromatic N) is 1. The molecule has 0 radical (unpaired) electrons. The zero-order valence-electron chi connectivity index (χ0n) is 10.3. The van der Waals surface area contributed by atoms with Crippen LogP contribution in [0.4, 0.5) is 10.1 Å². The van der Waals surface area contributed by atoms with Crippen LogP contribution in [-0.4, -0.2) is 28.5 Å². The molecule has 1 heterocycles. The molecule has 1 aliphatic rings. The molecule has 4 heteroatoms. The van der Waals surface area contributed by atoms with E-state index in [1.165, 1.54) is 12.1 Å². The first kappa shape index (κ1) is 12.7. The summed E-state index contributed by atoms with van der Waals surface area (Å²) in [5.41, 5.74) is 7.42. The molecule has 2 atom stereocenters. The van der Waals surface area contributed by atoms with Crippen LogP contribution in [0.25, 0.3) is 0 Å². The second-order valence-corrected chi connectivity index (χ2v) is 6.68. The first-order valence-electron chi connectivity index (χ1n) is 5.96. The van der Waals surface area contributed by atoms with Crippen LogP contribution >= 0.6 is 11.8 Å². The van der Waals surface area contributed by atoms with E-state index in [0.29, 0.717) is 16.2 Å². The maximum atomic E-state index is 13.0. The minimum Gasteiger partial charge on any atom is -0.398 e. The van der Waals surface area contributed by atoms with Crippen LogP contribution in [0.1, 0.15) is 19.4 Å². The Morgan fingerprint density at radius 2 is 2.00 bits per heavy atom. The molecule has 0 bridgehead atoms. The van der Waals surface area contributed by atoms with E-state index >= 15 is 0 Å². The lowest BCUT2D eigenvalue weighted by atomic mass is 10.1. The van der Waals surface area contributed by atoms with Gasteiger partial charge < -0.3 is 5.73 Å². The van der Waals surface area contributed by atoms with Gasteiger partial charge in [0.05, 0.1) is 0 Å². The highest BCUT2D eigenvalue weighted by atomic mass is 32.2. The third-order valence-electron chi connectivity index (χ3n) is 3.00. The van der Waals surface area contributed by atoms with Gasteiger partial charge in [-0.1, -0.05) is 19.9 Å². The molecule has 2 nitrogen and oxygen atoms in total. The van der Waals surface area contributed by atoms with Crippen LogP contribution in [0.5, 0.6) is 0 Å². The Morgan fingerprint density at radius 3 is 2.59 bits per heavy atom. The van der Waals surface area contributed by atoms with Crippen LogP contribution < -0.4 is 5.73 Å². The van der Waals surface area contributed by atoms with E-state index in [1.54, 1.807) is 6.07 Å². The van der Waals surface area contributed by atoms with Gasteiger partial charge in [0.25, 0.3) is 0 Å². The van der Waals surface area contributed by atoms with Gasteiger partial charge in [0, 0.05) is 35.8 Å². The Hall–Kier alpha value is -0.740. The first-order valence-corrected chi connectivity index (χ1v) is 6.90. The van der Waals surface area contributed by atoms with Crippen molar-refractivity contribution in [1.82, 2.24) is 4.90 Å². The van der Waals surface area contributed by atoms with Crippen LogP contribution in [0, 0.1) is 5.82 Å². The molecular formula is C13H19FN2S. The van der Waals surface area contributed by atoms with Crippen LogP contribution in [0.3, 0.4) is 0 Å². The summed E-state index contributed by atoms with van der Waals surface area (Å²) in [6.07, 6.45) is 0. The summed E-state index contributed by atoms with van der Waals surface area (Å²) in [6.45, 7) is 7.47. The number of thioether (sulfide) groups is 1. The molecule has 1 aromatic rings. The smallest absolute Gasteiger partial charge is 0.125 e. The summed E-state index contributed by atoms with van der Waals surface area (Å²) in [5.74, 6) is -0.262. The van der Waals surface area contributed by atoms with Gasteiger partial charge in [-0.2, -0.15) is 11.8 Å². The predicted octanol–water partition coefficient (Wildman–Crippen LogP) is 2.73. The number of nitrogens with two attached hydrogens (primary N) is 1. The number of rotatable bonds is 2. The van der Waals surface area contributed by atoms with Crippen LogP contribution in [0.2, 0.25) is 0 Å². The van der Waals surface area contributed by atoms with Gasteiger partial charge in [0.1, 0.15) is 5.82 Å². The summed E-state index contributed by atoms with van der Waals surface area (Å²) in [7, 11) is 0. The largest absolute Gasteiger partial charge is 0.398 e. The standard InChI is InChI=1S/C13H19FN2S/c1-9-6-16(7-10(2)17-9)8-11-3-4-12(14)5-13(11)15/h3-5,9-10H,6-8,15H2,1-2H3. The fourth-order valence-corrected chi connectivity index (χ4v) is 3.75. The second kappa shape index (κ2) is 5.27. The van der Waals surface area contributed by atoms with Gasteiger partial charge in [0.15, 0.2) is 0 Å². The molecule has 94 valence electrons. The van der Waals surface area contributed by atoms with Crippen molar-refractivity contribution in [2.45, 2.75) is 30.9 Å². The Kier molecular flexibility index (Phi) is 3.94. The Balaban J connectivity index is 2.04. The van der Waals surface area contributed by atoms with Crippen molar-refractivity contribution in [3.8, 4) is 0 Å². The van der Waals surface area contributed by atoms with Gasteiger partial charge in [0.2, 0.25) is 0 Å². The number of hydrogen-bond donors (Lipinski definition) is 1. The molecule has 0 spiro atoms. The molecule has 17 heavy (non-hydrogen) atoms. The number of nitrogen functional groups attached to an aromatic ring is 1. The summed E-state index contributed by atoms with van der Waals surface area (Å²) >= 11 is 2.03. The van der Waals surface area contributed by atoms with E-state index in [2.05, 4.69) is 18.7 Å². The van der Waals surface area contributed by atoms with Crippen molar-refractivity contribution >= 4 is 17.4 Å². The quantitative estimate of drug-likeness (QED) is 0.823. The molecule has 0 aromatic heterocycles. The number of anilines is 1. The molecule has 0 saturated carbocycles. The predicted molar refractivity (Wildman–Crippen MR) is 72.6 cm³/mol. The van der Waals surface area contributed by atoms with Crippen molar-refractivity contribution in [2.75, 3.05) is 18.8 Å². The van der Waals surface area contributed by atoms with Gasteiger partial charge >= 0.3 is 0 Å². The molecule has 2 unspecified atom stereocenters. The number of benzene rings is 1. The van der Waals surface area contributed by atoms with E-state index < -0.39 is 0 Å². The van der Waals surface area contributed by atoms with E-state index in [-0.39, 0.29) is 5.82 Å². The van der Waals surface area contributed by atoms with E-state index in [1.807, 2.05) is 11.8 Å². The second-order valence-electron chi connectivity index (χ2n) is 4.79. The van der Waals surface area contributed by atoms with Crippen molar-refractivity contribution in [2.24, 2.45) is 0 Å². The van der Waals surface area contributed by atoms with Gasteiger partial charge in [-0.25, -0.2) is 4.39 Å². The third kappa shape index (κ3) is 3.36. The summed E-state index contributed by atoms with van der Waals surface area (Å²) in [4.78, 5) is 2.40. The fourth-order valence-electron chi connectivity index (χ4n) is 2.36. The van der Waals surface area contributed by atoms with E-state index in [9.17, 15) is 4.39 Å². The molecule has 0 amide bonds. The highest BCUT2D eigenvalue weighted by molar-refractivity contribution is 8.00. The maximum absolute atomic E-state index is 13.0. The summed E-state index contributed by atoms with van der Waals surface area (Å²) in [6, 6.07) is 4.68. The zero-order chi connectivity index (χ0) is 12.4. The number of halogens is 1. The Labute approximate surface area is 106 Å². The molecule has 1 aromatic carbocycles. The van der Waals surface area contributed by atoms with Gasteiger partial charge in [-0.3, -0.25) is 4.90 Å². The minimum absolute atomic E-state index is 0.262. The van der Waals surface area contributed by atoms with Crippen molar-refractivity contribution in [1.29, 1.82) is 0 Å². The number of hydrogen-bond acceptors (Lipinski definition) is 3. The topological polar surface area (TPSA) is 29.3 Å². The SMILES string of the molecule is CC1CN(Cc2ccc(F)cc2N)CC(C)S1. The average molecular weight is 254 g/mol. The maximum Gasteiger partial charge on any atom is 0.125 e. The Morgan fingerprint density at radius 1 is 1.35 bits per heavy atom. The minimum atomic E-state index is -0.262. The lowest BCUT2D eigenvalue weighted by molar-refractivity contribution is 0.263. The molecular weight excluding hydrogens is 235 g/mol. The van der Waals surface area contributed by atoms with Crippen LogP contribution in [0.15, 0.2) is 18.2 Å². The third-order valence-corrected chi connectivity index (χ3v) is 4.22. The van der Waals surface area contributed by atoms with Crippen molar-refractivity contribution in [3.05, 3.63) is 29.6 Å². The summed E-state index contributed by atoms with van der Waals surface area (Å²) < 4.78 is 13.0. The van der Waals surface area contributed by atoms with Crippen LogP contribution in [-0.2, 0) is 6.54 Å². The van der Waals surface area contributed by atoms with Crippen molar-refractivity contribution in [3.63, 3.8) is 0 Å². The average Bonchev–Trinajstić information content (AvgIpc) is 2.21. The zero-order valence-corrected chi connectivity index (χ0v) is 11.1. The van der Waals surface area contributed by atoms with Crippen molar-refractivity contribution < 1.29 is 4.39 Å². The molecule has 1 saturated heterocycles. The van der Waals surface area contributed by atoms with E-state index in [0.717, 1.165) is 25.2 Å². The molecule has 2 N–H and O–H groups in total. The monoisotopic (exact) mass is 254 g/mol. The van der Waals surface area contributed by atoms with Gasteiger partial charge in [-0.15, -0.1) is 0 Å².